The number of sulfonamides is 1. The van der Waals surface area contributed by atoms with Crippen LogP contribution in [-0.4, -0.2) is 53.8 Å². The number of carbonyl (C=O) groups excluding carboxylic acids is 2. The molecule has 0 aliphatic carbocycles. The molecule has 0 fully saturated rings. The summed E-state index contributed by atoms with van der Waals surface area (Å²) in [6.45, 7) is 3.37. The second-order valence-electron chi connectivity index (χ2n) is 13.0. The minimum Gasteiger partial charge on any atom is -0.399 e. The third-order valence-corrected chi connectivity index (χ3v) is 11.5. The van der Waals surface area contributed by atoms with Crippen LogP contribution in [0.5, 0.6) is 0 Å². The van der Waals surface area contributed by atoms with Gasteiger partial charge in [0.15, 0.2) is 45.0 Å². The first-order valence-corrected chi connectivity index (χ1v) is 20.8. The number of H-pyrrole nitrogens is 2. The zero-order valence-electron chi connectivity index (χ0n) is 31.5. The van der Waals surface area contributed by atoms with Crippen molar-refractivity contribution in [3.05, 3.63) is 125 Å². The van der Waals surface area contributed by atoms with Crippen LogP contribution in [-0.2, 0) is 33.2 Å². The fourth-order valence-corrected chi connectivity index (χ4v) is 8.94. The van der Waals surface area contributed by atoms with E-state index in [1.807, 2.05) is 0 Å². The second kappa shape index (κ2) is 17.6. The third kappa shape index (κ3) is 9.62. The Morgan fingerprint density at radius 3 is 1.42 bits per heavy atom. The molecule has 14 nitrogen and oxygen atoms in total. The molecule has 0 aliphatic heterocycles. The Balaban J connectivity index is 0.000000190. The van der Waals surface area contributed by atoms with Crippen molar-refractivity contribution in [1.29, 1.82) is 0 Å². The van der Waals surface area contributed by atoms with Gasteiger partial charge in [-0.05, 0) is 68.4 Å². The molecular formula is C37H33ClF6N8O6S2. The summed E-state index contributed by atoms with van der Waals surface area (Å²) < 4.78 is 131. The number of fused-ring (bicyclic) bond motifs is 2. The van der Waals surface area contributed by atoms with E-state index < -0.39 is 65.8 Å². The van der Waals surface area contributed by atoms with Crippen LogP contribution in [0.25, 0.3) is 21.8 Å². The molecule has 0 unspecified atom stereocenters. The van der Waals surface area contributed by atoms with E-state index in [-0.39, 0.29) is 55.6 Å². The molecule has 4 aromatic heterocycles. The maximum atomic E-state index is 13.4. The lowest BCUT2D eigenvalue weighted by molar-refractivity contribution is 0.101. The first-order valence-electron chi connectivity index (χ1n) is 17.0. The number of nitrogen functional groups attached to an aromatic ring is 1. The van der Waals surface area contributed by atoms with Gasteiger partial charge in [0.1, 0.15) is 11.4 Å². The third-order valence-electron chi connectivity index (χ3n) is 8.32. The molecule has 0 spiro atoms. The summed E-state index contributed by atoms with van der Waals surface area (Å²) in [6.07, 6.45) is 2.98. The predicted molar refractivity (Wildman–Crippen MR) is 212 cm³/mol. The zero-order valence-corrected chi connectivity index (χ0v) is 33.9. The number of aromatic nitrogens is 4. The monoisotopic (exact) mass is 898 g/mol. The second-order valence-corrected chi connectivity index (χ2v) is 17.1. The number of benzene rings is 3. The highest BCUT2D eigenvalue weighted by Gasteiger charge is 2.30. The Morgan fingerprint density at radius 2 is 1.03 bits per heavy atom. The molecule has 0 saturated heterocycles. The van der Waals surface area contributed by atoms with Gasteiger partial charge >= 0.3 is 0 Å². The van der Waals surface area contributed by atoms with Crippen LogP contribution >= 0.6 is 10.7 Å². The lowest BCUT2D eigenvalue weighted by Gasteiger charge is -2.12. The number of halogens is 7. The molecule has 2 amide bonds. The molecule has 7 aromatic rings. The van der Waals surface area contributed by atoms with Gasteiger partial charge in [-0.15, -0.1) is 0 Å². The lowest BCUT2D eigenvalue weighted by atomic mass is 10.2. The van der Waals surface area contributed by atoms with E-state index in [4.69, 9.17) is 16.4 Å². The Bertz CT molecular complexity index is 3000. The van der Waals surface area contributed by atoms with Crippen molar-refractivity contribution in [2.24, 2.45) is 14.1 Å². The van der Waals surface area contributed by atoms with Gasteiger partial charge in [-0.2, -0.15) is 0 Å². The fraction of sp³-hybridized carbons (Fsp3) is 0.135. The normalized spacial score (nSPS) is 11.6. The van der Waals surface area contributed by atoms with Crippen LogP contribution in [0.3, 0.4) is 0 Å². The quantitative estimate of drug-likeness (QED) is 0.0524. The Kier molecular flexibility index (Phi) is 13.1. The predicted octanol–water partition coefficient (Wildman–Crippen LogP) is 7.24. The highest BCUT2D eigenvalue weighted by atomic mass is 35.7. The average molecular weight is 899 g/mol. The summed E-state index contributed by atoms with van der Waals surface area (Å²) in [7, 11) is 0.230. The molecule has 0 aliphatic rings. The minimum absolute atomic E-state index is 0.00945. The SMILES string of the molecule is CC(C)NS(=O)(=O)c1c2[nH]ccc2c(C(=O)Nc2ccc(F)c(F)c2)n1C.Cn1c(C(=O)Nc2ccc(F)c(F)c2)c2cc[nH]c2c1S(=O)(=O)Cl.Nc1ccc(F)c(F)c1. The number of hydrogen-bond acceptors (Lipinski definition) is 7. The van der Waals surface area contributed by atoms with Gasteiger partial charge in [0.2, 0.25) is 0 Å². The Morgan fingerprint density at radius 1 is 0.633 bits per heavy atom. The summed E-state index contributed by atoms with van der Waals surface area (Å²) in [5.41, 5.74) is 5.97. The summed E-state index contributed by atoms with van der Waals surface area (Å²) in [4.78, 5) is 30.8. The topological polar surface area (TPSA) is 206 Å². The number of rotatable bonds is 8. The molecular weight excluding hydrogens is 866 g/mol. The smallest absolute Gasteiger partial charge is 0.278 e. The number of hydrogen-bond donors (Lipinski definition) is 6. The van der Waals surface area contributed by atoms with E-state index in [9.17, 15) is 52.8 Å². The van der Waals surface area contributed by atoms with Gasteiger partial charge in [-0.1, -0.05) is 0 Å². The maximum absolute atomic E-state index is 13.4. The van der Waals surface area contributed by atoms with E-state index in [0.717, 1.165) is 41.0 Å². The molecule has 0 atom stereocenters. The van der Waals surface area contributed by atoms with Crippen LogP contribution in [0, 0.1) is 34.9 Å². The number of amides is 2. The van der Waals surface area contributed by atoms with Crippen molar-refractivity contribution < 1.29 is 52.8 Å². The number of nitrogens with zero attached hydrogens (tertiary/aromatic N) is 2. The molecule has 0 saturated carbocycles. The van der Waals surface area contributed by atoms with E-state index in [1.165, 1.54) is 55.3 Å². The number of aromatic amines is 2. The van der Waals surface area contributed by atoms with Crippen molar-refractivity contribution in [1.82, 2.24) is 23.8 Å². The molecule has 60 heavy (non-hydrogen) atoms. The van der Waals surface area contributed by atoms with E-state index in [0.29, 0.717) is 10.8 Å². The summed E-state index contributed by atoms with van der Waals surface area (Å²) in [6, 6.07) is 11.8. The summed E-state index contributed by atoms with van der Waals surface area (Å²) in [5.74, 6) is -7.42. The van der Waals surface area contributed by atoms with Crippen LogP contribution in [0.1, 0.15) is 34.8 Å². The van der Waals surface area contributed by atoms with Crippen molar-refractivity contribution >= 4 is 80.4 Å². The van der Waals surface area contributed by atoms with Gasteiger partial charge in [0.05, 0.1) is 11.0 Å². The minimum atomic E-state index is -4.11. The molecule has 4 heterocycles. The first-order chi connectivity index (χ1) is 28.0. The van der Waals surface area contributed by atoms with Crippen molar-refractivity contribution in [3.8, 4) is 0 Å². The van der Waals surface area contributed by atoms with E-state index in [1.54, 1.807) is 19.9 Å². The maximum Gasteiger partial charge on any atom is 0.278 e. The number of nitrogens with two attached hydrogens (primary N) is 1. The number of anilines is 3. The van der Waals surface area contributed by atoms with Crippen LogP contribution in [0.4, 0.5) is 43.4 Å². The number of nitrogens with one attached hydrogen (secondary N) is 5. The summed E-state index contributed by atoms with van der Waals surface area (Å²) >= 11 is 0. The van der Waals surface area contributed by atoms with Crippen LogP contribution in [0.2, 0.25) is 0 Å². The Hall–Kier alpha value is -6.23. The molecule has 7 N–H and O–H groups in total. The van der Waals surface area contributed by atoms with Gasteiger partial charge in [0.25, 0.3) is 30.9 Å². The van der Waals surface area contributed by atoms with Crippen LogP contribution in [0.15, 0.2) is 89.2 Å². The molecule has 23 heteroatoms. The van der Waals surface area contributed by atoms with Crippen molar-refractivity contribution in [3.63, 3.8) is 0 Å². The lowest BCUT2D eigenvalue weighted by Crippen LogP contribution is -2.32. The average Bonchev–Trinajstić information content (AvgIpc) is 3.90. The Labute approximate surface area is 341 Å². The van der Waals surface area contributed by atoms with Crippen molar-refractivity contribution in [2.75, 3.05) is 16.4 Å². The van der Waals surface area contributed by atoms with Crippen LogP contribution < -0.4 is 21.1 Å². The zero-order chi connectivity index (χ0) is 44.4. The van der Waals surface area contributed by atoms with E-state index in [2.05, 4.69) is 25.3 Å². The number of carbonyl (C=O) groups is 2. The highest BCUT2D eigenvalue weighted by molar-refractivity contribution is 8.13. The first kappa shape index (κ1) is 44.9. The molecule has 0 radical (unpaired) electrons. The molecule has 7 rings (SSSR count). The van der Waals surface area contributed by atoms with Gasteiger partial charge in [-0.25, -0.2) is 47.9 Å². The standard InChI is InChI=1S/C17H18F2N4O3S.C14H10ClF2N3O3S.C6H5F2N/c1-9(2)22-27(25,26)17-14-11(6-7-20-14)15(23(17)3)16(24)21-10-4-5-12(18)13(19)8-10;1-20-12(8-4-5-18-11(8)14(20)24(15,22)23)13(21)19-7-2-3-9(16)10(17)6-7;7-5-2-1-4(9)3-6(5)8/h4-9,20,22H,1-3H3,(H,21,24);2-6,18H,1H3,(H,19,21);1-3H,9H2. The fourth-order valence-electron chi connectivity index (χ4n) is 5.94. The summed E-state index contributed by atoms with van der Waals surface area (Å²) in [5, 5.41) is 5.22. The van der Waals surface area contributed by atoms with E-state index >= 15 is 0 Å². The van der Waals surface area contributed by atoms with Crippen molar-refractivity contribution in [2.45, 2.75) is 29.9 Å². The highest BCUT2D eigenvalue weighted by Crippen LogP contribution is 2.31. The molecule has 3 aromatic carbocycles. The van der Waals surface area contributed by atoms with Gasteiger partial charge in [0, 0.05) is 83.2 Å². The van der Waals surface area contributed by atoms with Gasteiger partial charge < -0.3 is 35.5 Å². The molecule has 318 valence electrons. The van der Waals surface area contributed by atoms with Gasteiger partial charge in [-0.3, -0.25) is 9.59 Å². The largest absolute Gasteiger partial charge is 0.399 e. The molecule has 0 bridgehead atoms.